The molecule has 0 atom stereocenters. The van der Waals surface area contributed by atoms with E-state index >= 15 is 0 Å². The van der Waals surface area contributed by atoms with Crippen molar-refractivity contribution in [2.45, 2.75) is 32.9 Å². The Morgan fingerprint density at radius 2 is 1.85 bits per heavy atom. The van der Waals surface area contributed by atoms with E-state index in [2.05, 4.69) is 4.98 Å². The summed E-state index contributed by atoms with van der Waals surface area (Å²) in [4.78, 5) is 31.6. The third-order valence-electron chi connectivity index (χ3n) is 7.12. The second kappa shape index (κ2) is 9.55. The van der Waals surface area contributed by atoms with Gasteiger partial charge in [0.25, 0.3) is 5.91 Å². The number of methoxy groups -OCH3 is 1. The Labute approximate surface area is 230 Å². The molecule has 0 radical (unpaired) electrons. The fourth-order valence-electron chi connectivity index (χ4n) is 5.30. The second-order valence-electron chi connectivity index (χ2n) is 10.4. The molecule has 40 heavy (non-hydrogen) atoms. The summed E-state index contributed by atoms with van der Waals surface area (Å²) in [5, 5.41) is 0. The van der Waals surface area contributed by atoms with Crippen LogP contribution in [0.2, 0.25) is 0 Å². The number of aromatic nitrogens is 3. The van der Waals surface area contributed by atoms with Gasteiger partial charge in [-0.15, -0.1) is 0 Å². The van der Waals surface area contributed by atoms with E-state index in [1.807, 2.05) is 66.6 Å². The van der Waals surface area contributed by atoms with Crippen LogP contribution in [-0.2, 0) is 6.54 Å². The maximum absolute atomic E-state index is 14.2. The number of rotatable bonds is 6. The number of carbonyl (C=O) groups excluding carboxylic acids is 1. The van der Waals surface area contributed by atoms with Crippen molar-refractivity contribution in [1.29, 1.82) is 0 Å². The van der Waals surface area contributed by atoms with Crippen molar-refractivity contribution in [2.75, 3.05) is 25.1 Å². The smallest absolute Gasteiger partial charge is 0.283 e. The highest BCUT2D eigenvalue weighted by Crippen LogP contribution is 2.39. The number of nitrogens with zero attached hydrogens (tertiary/aromatic N) is 6. The molecule has 10 heteroatoms. The summed E-state index contributed by atoms with van der Waals surface area (Å²) in [6, 6.07) is 15.2. The van der Waals surface area contributed by atoms with E-state index in [0.717, 1.165) is 11.6 Å². The average molecular weight is 543 g/mol. The number of pyridine rings is 1. The molecule has 2 aromatic heterocycles. The van der Waals surface area contributed by atoms with Crippen LogP contribution in [0.1, 0.15) is 36.8 Å². The molecule has 1 amide bonds. The first-order valence-electron chi connectivity index (χ1n) is 13.0. The number of anilines is 1. The highest BCUT2D eigenvalue weighted by Gasteiger charge is 2.45. The molecule has 2 aromatic carbocycles. The topological polar surface area (TPSA) is 75.9 Å². The first kappa shape index (κ1) is 25.7. The molecule has 0 spiro atoms. The highest BCUT2D eigenvalue weighted by atomic mass is 19.2. The quantitative estimate of drug-likeness (QED) is 0.327. The second-order valence-corrected chi connectivity index (χ2v) is 10.4. The van der Waals surface area contributed by atoms with Gasteiger partial charge >= 0.3 is 0 Å². The number of fused-ring (bicyclic) bond motifs is 3. The molecular formula is C30H28F2N6O2. The van der Waals surface area contributed by atoms with E-state index in [1.165, 1.54) is 12.1 Å². The Balaban J connectivity index is 1.51. The minimum Gasteiger partial charge on any atom is -0.496 e. The van der Waals surface area contributed by atoms with Crippen LogP contribution in [0, 0.1) is 11.6 Å². The fraction of sp³-hybridized carbons (Fsp3) is 0.267. The van der Waals surface area contributed by atoms with Crippen LogP contribution < -0.4 is 9.64 Å². The first-order valence-corrected chi connectivity index (χ1v) is 13.0. The number of ether oxygens (including phenoxy) is 1. The number of hydrogen-bond acceptors (Lipinski definition) is 6. The fourth-order valence-corrected chi connectivity index (χ4v) is 5.30. The Morgan fingerprint density at radius 3 is 2.55 bits per heavy atom. The summed E-state index contributed by atoms with van der Waals surface area (Å²) in [5.41, 5.74) is 2.61. The minimum atomic E-state index is -0.936. The standard InChI is InChI=1S/C30H28F2N6O2/c1-5-36-28(39)25-27(38-17-30(2,3)35-29(36)38)37(16-18-10-12-21(31)22(32)14-18)26(34-25)19-11-13-23(33-15-19)20-8-6-7-9-24(20)40-4/h6-15H,5,16-17H2,1-4H3. The van der Waals surface area contributed by atoms with E-state index in [0.29, 0.717) is 53.3 Å². The molecule has 0 aliphatic carbocycles. The van der Waals surface area contributed by atoms with Gasteiger partial charge in [-0.2, -0.15) is 0 Å². The lowest BCUT2D eigenvalue weighted by Crippen LogP contribution is -2.51. The maximum atomic E-state index is 14.2. The number of carbonyl (C=O) groups is 1. The predicted octanol–water partition coefficient (Wildman–Crippen LogP) is 5.38. The molecule has 0 bridgehead atoms. The zero-order valence-electron chi connectivity index (χ0n) is 22.7. The lowest BCUT2D eigenvalue weighted by atomic mass is 10.1. The van der Waals surface area contributed by atoms with Crippen LogP contribution in [0.4, 0.5) is 14.6 Å². The van der Waals surface area contributed by atoms with Crippen molar-refractivity contribution >= 4 is 17.7 Å². The Morgan fingerprint density at radius 1 is 1.05 bits per heavy atom. The van der Waals surface area contributed by atoms with E-state index in [-0.39, 0.29) is 18.1 Å². The molecule has 8 nitrogen and oxygen atoms in total. The van der Waals surface area contributed by atoms with Crippen molar-refractivity contribution in [2.24, 2.45) is 4.99 Å². The van der Waals surface area contributed by atoms with Gasteiger partial charge in [0.1, 0.15) is 17.4 Å². The van der Waals surface area contributed by atoms with E-state index < -0.39 is 17.2 Å². The van der Waals surface area contributed by atoms with Crippen LogP contribution in [0.3, 0.4) is 0 Å². The molecule has 0 fully saturated rings. The average Bonchev–Trinajstić information content (AvgIpc) is 3.48. The molecular weight excluding hydrogens is 514 g/mol. The number of halogens is 2. The monoisotopic (exact) mass is 542 g/mol. The van der Waals surface area contributed by atoms with E-state index in [1.54, 1.807) is 18.2 Å². The molecule has 4 aromatic rings. The van der Waals surface area contributed by atoms with Gasteiger partial charge in [0.15, 0.2) is 17.3 Å². The maximum Gasteiger partial charge on any atom is 0.283 e. The summed E-state index contributed by atoms with van der Waals surface area (Å²) >= 11 is 0. The van der Waals surface area contributed by atoms with Crippen LogP contribution >= 0.6 is 0 Å². The third kappa shape index (κ3) is 4.20. The van der Waals surface area contributed by atoms with Crippen molar-refractivity contribution < 1.29 is 18.3 Å². The summed E-state index contributed by atoms with van der Waals surface area (Å²) < 4.78 is 35.3. The van der Waals surface area contributed by atoms with Crippen LogP contribution in [0.15, 0.2) is 65.8 Å². The predicted molar refractivity (Wildman–Crippen MR) is 148 cm³/mol. The Kier molecular flexibility index (Phi) is 6.13. The van der Waals surface area contributed by atoms with Gasteiger partial charge in [0.2, 0.25) is 5.96 Å². The van der Waals surface area contributed by atoms with Crippen molar-refractivity contribution in [3.63, 3.8) is 0 Å². The molecule has 0 N–H and O–H groups in total. The lowest BCUT2D eigenvalue weighted by Gasteiger charge is -2.34. The third-order valence-corrected chi connectivity index (χ3v) is 7.12. The number of guanidine groups is 1. The summed E-state index contributed by atoms with van der Waals surface area (Å²) in [5.74, 6) is 0.219. The van der Waals surface area contributed by atoms with Gasteiger partial charge in [-0.3, -0.25) is 19.6 Å². The van der Waals surface area contributed by atoms with E-state index in [9.17, 15) is 13.6 Å². The molecule has 204 valence electrons. The first-order chi connectivity index (χ1) is 19.2. The molecule has 0 unspecified atom stereocenters. The Hall–Kier alpha value is -4.60. The Bertz CT molecular complexity index is 1660. The zero-order valence-corrected chi connectivity index (χ0v) is 22.7. The van der Waals surface area contributed by atoms with Gasteiger partial charge in [-0.25, -0.2) is 18.8 Å². The normalized spacial score (nSPS) is 15.7. The number of aliphatic imine (C=N–C) groups is 1. The van der Waals surface area contributed by atoms with Crippen LogP contribution in [0.25, 0.3) is 22.6 Å². The summed E-state index contributed by atoms with van der Waals surface area (Å²) in [6.07, 6.45) is 1.70. The summed E-state index contributed by atoms with van der Waals surface area (Å²) in [7, 11) is 1.61. The SMILES string of the molecule is CCN1C(=O)c2nc(-c3ccc(-c4ccccc4OC)nc3)n(Cc3ccc(F)c(F)c3)c2N2CC(C)(C)N=C12. The highest BCUT2D eigenvalue weighted by molar-refractivity contribution is 6.18. The number of benzene rings is 2. The zero-order chi connectivity index (χ0) is 28.2. The van der Waals surface area contributed by atoms with E-state index in [4.69, 9.17) is 14.7 Å². The number of amides is 1. The number of hydrogen-bond donors (Lipinski definition) is 0. The van der Waals surface area contributed by atoms with Gasteiger partial charge < -0.3 is 9.30 Å². The number of imidazole rings is 1. The van der Waals surface area contributed by atoms with Crippen molar-refractivity contribution in [3.8, 4) is 28.4 Å². The van der Waals surface area contributed by atoms with Gasteiger partial charge in [0.05, 0.1) is 31.4 Å². The van der Waals surface area contributed by atoms with Gasteiger partial charge in [-0.05, 0) is 62.7 Å². The largest absolute Gasteiger partial charge is 0.496 e. The van der Waals surface area contributed by atoms with Gasteiger partial charge in [0, 0.05) is 23.9 Å². The summed E-state index contributed by atoms with van der Waals surface area (Å²) in [6.45, 7) is 7.04. The lowest BCUT2D eigenvalue weighted by molar-refractivity contribution is 0.0841. The molecule has 0 saturated carbocycles. The number of para-hydroxylation sites is 1. The molecule has 0 saturated heterocycles. The molecule has 4 heterocycles. The molecule has 2 aliphatic rings. The van der Waals surface area contributed by atoms with Crippen molar-refractivity contribution in [1.82, 2.24) is 19.4 Å². The van der Waals surface area contributed by atoms with Crippen LogP contribution in [0.5, 0.6) is 5.75 Å². The minimum absolute atomic E-state index is 0.159. The molecule has 6 rings (SSSR count). The van der Waals surface area contributed by atoms with Crippen LogP contribution in [-0.4, -0.2) is 57.0 Å². The molecule has 2 aliphatic heterocycles. The van der Waals surface area contributed by atoms with Gasteiger partial charge in [-0.1, -0.05) is 18.2 Å². The van der Waals surface area contributed by atoms with Crippen molar-refractivity contribution in [3.05, 3.63) is 83.7 Å².